The number of nitrogens with zero attached hydrogens (tertiary/aromatic N) is 1. The van der Waals surface area contributed by atoms with E-state index in [-0.39, 0.29) is 0 Å². The summed E-state index contributed by atoms with van der Waals surface area (Å²) in [6.45, 7) is 2.51. The molecule has 2 aliphatic rings. The van der Waals surface area contributed by atoms with Crippen molar-refractivity contribution in [3.8, 4) is 0 Å². The average Bonchev–Trinajstić information content (AvgIpc) is 2.65. The van der Waals surface area contributed by atoms with Crippen LogP contribution in [0.5, 0.6) is 0 Å². The zero-order valence-corrected chi connectivity index (χ0v) is 10.9. The fraction of sp³-hybridized carbons (Fsp3) is 0.929. The summed E-state index contributed by atoms with van der Waals surface area (Å²) >= 11 is 0. The van der Waals surface area contributed by atoms with Crippen LogP contribution in [0.25, 0.3) is 0 Å². The maximum Gasteiger partial charge on any atom is 0.236 e. The molecule has 0 spiro atoms. The van der Waals surface area contributed by atoms with Gasteiger partial charge in [0.15, 0.2) is 0 Å². The van der Waals surface area contributed by atoms with Crippen LogP contribution in [0, 0.1) is 0 Å². The molecule has 0 radical (unpaired) electrons. The van der Waals surface area contributed by atoms with Crippen LogP contribution in [0.1, 0.15) is 57.8 Å². The number of carbonyl (C=O) groups is 1. The highest BCUT2D eigenvalue weighted by Gasteiger charge is 2.18. The number of carbonyl (C=O) groups excluding carboxylic acids is 1. The molecule has 0 aromatic rings. The lowest BCUT2D eigenvalue weighted by Crippen LogP contribution is -2.43. The van der Waals surface area contributed by atoms with Gasteiger partial charge in [-0.3, -0.25) is 4.79 Å². The van der Waals surface area contributed by atoms with Crippen molar-refractivity contribution >= 4 is 5.91 Å². The molecule has 0 atom stereocenters. The zero-order chi connectivity index (χ0) is 11.9. The molecule has 0 bridgehead atoms. The van der Waals surface area contributed by atoms with E-state index in [1.807, 2.05) is 4.90 Å². The lowest BCUT2D eigenvalue weighted by molar-refractivity contribution is -0.131. The number of amides is 1. The first-order chi connectivity index (χ1) is 8.36. The first-order valence-electron chi connectivity index (χ1n) is 7.37. The number of hydrogen-bond acceptors (Lipinski definition) is 2. The summed E-state index contributed by atoms with van der Waals surface area (Å²) in [7, 11) is 0. The molecule has 0 aromatic heterocycles. The molecule has 1 aliphatic heterocycles. The number of rotatable bonds is 3. The molecule has 2 fully saturated rings. The van der Waals surface area contributed by atoms with Gasteiger partial charge in [0.05, 0.1) is 6.54 Å². The second-order valence-electron chi connectivity index (χ2n) is 5.51. The Kier molecular flexibility index (Phi) is 5.30. The van der Waals surface area contributed by atoms with Crippen LogP contribution in [0.2, 0.25) is 0 Å². The number of likely N-dealkylation sites (tertiary alicyclic amines) is 1. The highest BCUT2D eigenvalue weighted by atomic mass is 16.2. The summed E-state index contributed by atoms with van der Waals surface area (Å²) < 4.78 is 0. The Balaban J connectivity index is 1.67. The number of piperidine rings is 1. The SMILES string of the molecule is O=C(CNC1CCCCCC1)N1CCCCC1. The predicted octanol–water partition coefficient (Wildman–Crippen LogP) is 2.31. The van der Waals surface area contributed by atoms with Crippen LogP contribution in [0.3, 0.4) is 0 Å². The number of nitrogens with one attached hydrogen (secondary N) is 1. The van der Waals surface area contributed by atoms with Gasteiger partial charge in [-0.1, -0.05) is 25.7 Å². The van der Waals surface area contributed by atoms with Gasteiger partial charge in [0.1, 0.15) is 0 Å². The Morgan fingerprint density at radius 3 is 2.18 bits per heavy atom. The van der Waals surface area contributed by atoms with Crippen molar-refractivity contribution in [1.29, 1.82) is 0 Å². The first-order valence-corrected chi connectivity index (χ1v) is 7.37. The molecule has 0 aromatic carbocycles. The predicted molar refractivity (Wildman–Crippen MR) is 69.9 cm³/mol. The van der Waals surface area contributed by atoms with Crippen molar-refractivity contribution in [2.45, 2.75) is 63.8 Å². The maximum atomic E-state index is 12.0. The molecule has 2 rings (SSSR count). The minimum absolute atomic E-state index is 0.314. The largest absolute Gasteiger partial charge is 0.342 e. The molecule has 1 N–H and O–H groups in total. The van der Waals surface area contributed by atoms with Crippen LogP contribution in [-0.4, -0.2) is 36.5 Å². The summed E-state index contributed by atoms with van der Waals surface area (Å²) in [4.78, 5) is 14.0. The third-order valence-electron chi connectivity index (χ3n) is 4.11. The van der Waals surface area contributed by atoms with E-state index in [1.165, 1.54) is 57.8 Å². The Morgan fingerprint density at radius 2 is 1.53 bits per heavy atom. The van der Waals surface area contributed by atoms with Crippen molar-refractivity contribution in [2.24, 2.45) is 0 Å². The first kappa shape index (κ1) is 12.9. The molecule has 98 valence electrons. The van der Waals surface area contributed by atoms with Gasteiger partial charge in [0.2, 0.25) is 5.91 Å². The van der Waals surface area contributed by atoms with E-state index in [4.69, 9.17) is 0 Å². The fourth-order valence-electron chi connectivity index (χ4n) is 2.97. The van der Waals surface area contributed by atoms with Crippen molar-refractivity contribution in [3.05, 3.63) is 0 Å². The highest BCUT2D eigenvalue weighted by Crippen LogP contribution is 2.17. The second-order valence-corrected chi connectivity index (χ2v) is 5.51. The van der Waals surface area contributed by atoms with E-state index in [1.54, 1.807) is 0 Å². The van der Waals surface area contributed by atoms with Gasteiger partial charge in [-0.25, -0.2) is 0 Å². The van der Waals surface area contributed by atoms with E-state index in [9.17, 15) is 4.79 Å². The van der Waals surface area contributed by atoms with Gasteiger partial charge < -0.3 is 10.2 Å². The summed E-state index contributed by atoms with van der Waals surface area (Å²) in [6.07, 6.45) is 11.6. The van der Waals surface area contributed by atoms with E-state index in [0.717, 1.165) is 13.1 Å². The van der Waals surface area contributed by atoms with E-state index < -0.39 is 0 Å². The number of hydrogen-bond donors (Lipinski definition) is 1. The normalized spacial score (nSPS) is 23.4. The third-order valence-corrected chi connectivity index (χ3v) is 4.11. The molecule has 1 saturated carbocycles. The van der Waals surface area contributed by atoms with Crippen LogP contribution < -0.4 is 5.32 Å². The quantitative estimate of drug-likeness (QED) is 0.765. The van der Waals surface area contributed by atoms with E-state index >= 15 is 0 Å². The minimum Gasteiger partial charge on any atom is -0.342 e. The van der Waals surface area contributed by atoms with Crippen LogP contribution in [0.4, 0.5) is 0 Å². The minimum atomic E-state index is 0.314. The summed E-state index contributed by atoms with van der Waals surface area (Å²) in [5, 5.41) is 3.47. The molecular formula is C14H26N2O. The standard InChI is InChI=1S/C14H26N2O/c17-14(16-10-6-3-7-11-16)12-15-13-8-4-1-2-5-9-13/h13,15H,1-12H2. The molecule has 1 saturated heterocycles. The average molecular weight is 238 g/mol. The molecule has 17 heavy (non-hydrogen) atoms. The van der Waals surface area contributed by atoms with E-state index in [0.29, 0.717) is 18.5 Å². The molecule has 3 nitrogen and oxygen atoms in total. The highest BCUT2D eigenvalue weighted by molar-refractivity contribution is 5.78. The monoisotopic (exact) mass is 238 g/mol. The lowest BCUT2D eigenvalue weighted by atomic mass is 10.1. The Hall–Kier alpha value is -0.570. The summed E-state index contributed by atoms with van der Waals surface area (Å²) in [5.41, 5.74) is 0. The zero-order valence-electron chi connectivity index (χ0n) is 10.9. The van der Waals surface area contributed by atoms with Crippen molar-refractivity contribution < 1.29 is 4.79 Å². The molecule has 1 heterocycles. The maximum absolute atomic E-state index is 12.0. The molecule has 1 aliphatic carbocycles. The van der Waals surface area contributed by atoms with Gasteiger partial charge in [-0.15, -0.1) is 0 Å². The van der Waals surface area contributed by atoms with Crippen molar-refractivity contribution in [1.82, 2.24) is 10.2 Å². The van der Waals surface area contributed by atoms with Gasteiger partial charge >= 0.3 is 0 Å². The smallest absolute Gasteiger partial charge is 0.236 e. The lowest BCUT2D eigenvalue weighted by Gasteiger charge is -2.27. The van der Waals surface area contributed by atoms with Gasteiger partial charge in [0.25, 0.3) is 0 Å². The van der Waals surface area contributed by atoms with Gasteiger partial charge in [-0.05, 0) is 32.1 Å². The Labute approximate surface area is 105 Å². The Bertz CT molecular complexity index is 228. The summed E-state index contributed by atoms with van der Waals surface area (Å²) in [6, 6.07) is 0.589. The van der Waals surface area contributed by atoms with Gasteiger partial charge in [-0.2, -0.15) is 0 Å². The van der Waals surface area contributed by atoms with Crippen molar-refractivity contribution in [3.63, 3.8) is 0 Å². The van der Waals surface area contributed by atoms with E-state index in [2.05, 4.69) is 5.32 Å². The molecule has 0 unspecified atom stereocenters. The fourth-order valence-corrected chi connectivity index (χ4v) is 2.97. The molecule has 3 heteroatoms. The van der Waals surface area contributed by atoms with Crippen molar-refractivity contribution in [2.75, 3.05) is 19.6 Å². The Morgan fingerprint density at radius 1 is 0.941 bits per heavy atom. The van der Waals surface area contributed by atoms with Crippen LogP contribution in [0.15, 0.2) is 0 Å². The topological polar surface area (TPSA) is 32.3 Å². The third kappa shape index (κ3) is 4.30. The van der Waals surface area contributed by atoms with Crippen LogP contribution in [-0.2, 0) is 4.79 Å². The summed E-state index contributed by atoms with van der Waals surface area (Å²) in [5.74, 6) is 0.314. The molecular weight excluding hydrogens is 212 g/mol. The van der Waals surface area contributed by atoms with Gasteiger partial charge in [0, 0.05) is 19.1 Å². The second kappa shape index (κ2) is 7.00. The molecule has 1 amide bonds. The van der Waals surface area contributed by atoms with Crippen LogP contribution >= 0.6 is 0 Å².